The topological polar surface area (TPSA) is 78.3 Å². The molecule has 1 aromatic heterocycles. The van der Waals surface area contributed by atoms with Crippen LogP contribution in [0.5, 0.6) is 0 Å². The Kier molecular flexibility index (Phi) is 8.08. The molecule has 0 aliphatic rings. The Balaban J connectivity index is 0.000000302. The van der Waals surface area contributed by atoms with Crippen LogP contribution in [0.4, 0.5) is 0 Å². The second-order valence-electron chi connectivity index (χ2n) is 3.11. The molecule has 0 saturated carbocycles. The third-order valence-corrected chi connectivity index (χ3v) is 3.04. The summed E-state index contributed by atoms with van der Waals surface area (Å²) in [6.45, 7) is 8.66. The van der Waals surface area contributed by atoms with E-state index < -0.39 is 7.82 Å². The fourth-order valence-electron chi connectivity index (χ4n) is 1.14. The van der Waals surface area contributed by atoms with Gasteiger partial charge in [-0.25, -0.2) is 9.55 Å². The minimum absolute atomic E-state index is 0.126. The van der Waals surface area contributed by atoms with E-state index in [1.165, 1.54) is 5.82 Å². The number of aromatic nitrogens is 2. The highest BCUT2D eigenvalue weighted by Crippen LogP contribution is 2.37. The summed E-state index contributed by atoms with van der Waals surface area (Å²) in [7, 11) is -3.94. The molecule has 7 heteroatoms. The Labute approximate surface area is 102 Å². The van der Waals surface area contributed by atoms with Crippen molar-refractivity contribution < 1.29 is 23.1 Å². The lowest BCUT2D eigenvalue weighted by Gasteiger charge is -2.20. The van der Waals surface area contributed by atoms with Gasteiger partial charge >= 0.3 is 0 Å². The molecule has 0 saturated heterocycles. The Morgan fingerprint density at radius 1 is 1.35 bits per heavy atom. The van der Waals surface area contributed by atoms with Crippen LogP contribution in [0.1, 0.15) is 26.6 Å². The van der Waals surface area contributed by atoms with E-state index in [2.05, 4.69) is 32.4 Å². The predicted octanol–water partition coefficient (Wildman–Crippen LogP) is 1.16. The van der Waals surface area contributed by atoms with Crippen molar-refractivity contribution in [1.82, 2.24) is 4.98 Å². The average Bonchev–Trinajstić information content (AvgIpc) is 2.64. The number of nitrogens with one attached hydrogen (secondary N) is 1. The first-order chi connectivity index (χ1) is 7.96. The van der Waals surface area contributed by atoms with E-state index in [4.69, 9.17) is 0 Å². The summed E-state index contributed by atoms with van der Waals surface area (Å²) in [6.07, 6.45) is 3.98. The third-order valence-electron chi connectivity index (χ3n) is 1.89. The molecule has 1 aromatic rings. The fraction of sp³-hybridized carbons (Fsp3) is 0.700. The molecule has 1 heterocycles. The lowest BCUT2D eigenvalue weighted by molar-refractivity contribution is -0.698. The van der Waals surface area contributed by atoms with Crippen LogP contribution in [-0.4, -0.2) is 18.2 Å². The Hall–Kier alpha value is -0.680. The standard InChI is InChI=1S/C6H10N2.C4H11O4P/c1-3-8-5-4-7-6(8)2;1-3-7-9(5,6)8-4-2/h4-5H,3H2,1-2H3;3-4H2,1-2H3,(H,5,6). The van der Waals surface area contributed by atoms with Crippen molar-refractivity contribution in [2.75, 3.05) is 13.2 Å². The van der Waals surface area contributed by atoms with Crippen molar-refractivity contribution >= 4 is 7.82 Å². The van der Waals surface area contributed by atoms with Gasteiger partial charge in [-0.2, -0.15) is 0 Å². The highest BCUT2D eigenvalue weighted by Gasteiger charge is 2.04. The molecule has 0 aromatic carbocycles. The van der Waals surface area contributed by atoms with Crippen LogP contribution in [0.25, 0.3) is 0 Å². The van der Waals surface area contributed by atoms with Gasteiger partial charge in [-0.05, 0) is 20.8 Å². The van der Waals surface area contributed by atoms with Gasteiger partial charge in [0.1, 0.15) is 12.4 Å². The minimum atomic E-state index is -3.94. The van der Waals surface area contributed by atoms with Crippen LogP contribution >= 0.6 is 7.82 Å². The largest absolute Gasteiger partial charge is 0.756 e. The maximum Gasteiger partial charge on any atom is 0.267 e. The monoisotopic (exact) mass is 264 g/mol. The zero-order valence-electron chi connectivity index (χ0n) is 10.8. The quantitative estimate of drug-likeness (QED) is 0.639. The number of imidazole rings is 1. The number of aryl methyl sites for hydroxylation is 2. The van der Waals surface area contributed by atoms with Crippen molar-refractivity contribution in [1.29, 1.82) is 0 Å². The lowest BCUT2D eigenvalue weighted by Crippen LogP contribution is -2.32. The Morgan fingerprint density at radius 3 is 2.12 bits per heavy atom. The molecule has 1 rings (SSSR count). The smallest absolute Gasteiger partial charge is 0.267 e. The van der Waals surface area contributed by atoms with E-state index in [1.54, 1.807) is 13.8 Å². The first-order valence-electron chi connectivity index (χ1n) is 5.60. The van der Waals surface area contributed by atoms with E-state index in [1.807, 2.05) is 12.4 Å². The second-order valence-corrected chi connectivity index (χ2v) is 4.53. The molecule has 0 amide bonds. The minimum Gasteiger partial charge on any atom is -0.756 e. The molecule has 1 N–H and O–H groups in total. The molecule has 100 valence electrons. The number of hydrogen-bond acceptors (Lipinski definition) is 4. The van der Waals surface area contributed by atoms with Gasteiger partial charge < -0.3 is 13.9 Å². The summed E-state index contributed by atoms with van der Waals surface area (Å²) in [5.74, 6) is 1.22. The molecular weight excluding hydrogens is 243 g/mol. The van der Waals surface area contributed by atoms with Gasteiger partial charge in [-0.3, -0.25) is 4.57 Å². The Morgan fingerprint density at radius 2 is 1.88 bits per heavy atom. The van der Waals surface area contributed by atoms with Crippen LogP contribution < -0.4 is 9.46 Å². The lowest BCUT2D eigenvalue weighted by atomic mass is 10.6. The number of phosphoric ester groups is 1. The van der Waals surface area contributed by atoms with Gasteiger partial charge in [0.2, 0.25) is 0 Å². The molecule has 0 bridgehead atoms. The summed E-state index contributed by atoms with van der Waals surface area (Å²) in [6, 6.07) is 0. The van der Waals surface area contributed by atoms with Gasteiger partial charge in [-0.1, -0.05) is 0 Å². The van der Waals surface area contributed by atoms with E-state index >= 15 is 0 Å². The molecule has 0 unspecified atom stereocenters. The molecule has 0 spiro atoms. The summed E-state index contributed by atoms with van der Waals surface area (Å²) in [5, 5.41) is 0. The number of hydrogen-bond donors (Lipinski definition) is 1. The molecule has 6 nitrogen and oxygen atoms in total. The van der Waals surface area contributed by atoms with Crippen LogP contribution in [0.15, 0.2) is 12.4 Å². The number of phosphoric acid groups is 1. The average molecular weight is 264 g/mol. The maximum absolute atomic E-state index is 10.4. The van der Waals surface area contributed by atoms with Crippen molar-refractivity contribution in [2.24, 2.45) is 0 Å². The van der Waals surface area contributed by atoms with E-state index in [0.717, 1.165) is 6.54 Å². The van der Waals surface area contributed by atoms with Crippen LogP contribution in [0, 0.1) is 6.92 Å². The zero-order chi connectivity index (χ0) is 13.3. The molecule has 17 heavy (non-hydrogen) atoms. The van der Waals surface area contributed by atoms with Crippen LogP contribution in [0.2, 0.25) is 0 Å². The molecule has 0 radical (unpaired) electrons. The van der Waals surface area contributed by atoms with Gasteiger partial charge in [0.25, 0.3) is 13.6 Å². The second kappa shape index (κ2) is 8.42. The van der Waals surface area contributed by atoms with E-state index in [-0.39, 0.29) is 13.2 Å². The first-order valence-corrected chi connectivity index (χ1v) is 7.06. The van der Waals surface area contributed by atoms with Gasteiger partial charge in [-0.15, -0.1) is 0 Å². The van der Waals surface area contributed by atoms with Gasteiger partial charge in [0.05, 0.1) is 19.8 Å². The highest BCUT2D eigenvalue weighted by atomic mass is 31.2. The molecule has 0 fully saturated rings. The molecular formula is C10H21N2O4P. The van der Waals surface area contributed by atoms with Crippen molar-refractivity contribution in [3.05, 3.63) is 18.2 Å². The van der Waals surface area contributed by atoms with E-state index in [0.29, 0.717) is 0 Å². The van der Waals surface area contributed by atoms with Gasteiger partial charge in [0, 0.05) is 6.92 Å². The number of nitrogens with zero attached hydrogens (tertiary/aromatic N) is 1. The molecule has 0 aliphatic heterocycles. The number of H-pyrrole nitrogens is 1. The van der Waals surface area contributed by atoms with Crippen molar-refractivity contribution in [3.63, 3.8) is 0 Å². The number of rotatable bonds is 5. The maximum atomic E-state index is 10.4. The fourth-order valence-corrected chi connectivity index (χ4v) is 1.85. The number of aromatic amines is 1. The summed E-state index contributed by atoms with van der Waals surface area (Å²) in [4.78, 5) is 13.5. The first kappa shape index (κ1) is 16.3. The molecule has 0 atom stereocenters. The van der Waals surface area contributed by atoms with Crippen LogP contribution in [0.3, 0.4) is 0 Å². The van der Waals surface area contributed by atoms with E-state index in [9.17, 15) is 9.46 Å². The van der Waals surface area contributed by atoms with Crippen LogP contribution in [-0.2, 0) is 20.2 Å². The Bertz CT molecular complexity index is 344. The summed E-state index contributed by atoms with van der Waals surface area (Å²) in [5.41, 5.74) is 0. The van der Waals surface area contributed by atoms with Gasteiger partial charge in [0.15, 0.2) is 0 Å². The summed E-state index contributed by atoms with van der Waals surface area (Å²) < 4.78 is 21.1. The summed E-state index contributed by atoms with van der Waals surface area (Å²) >= 11 is 0. The van der Waals surface area contributed by atoms with Crippen molar-refractivity contribution in [2.45, 2.75) is 34.2 Å². The van der Waals surface area contributed by atoms with Crippen molar-refractivity contribution in [3.8, 4) is 0 Å². The normalized spacial score (nSPS) is 10.9. The zero-order valence-corrected chi connectivity index (χ0v) is 11.7. The third kappa shape index (κ3) is 7.28. The predicted molar refractivity (Wildman–Crippen MR) is 62.3 cm³/mol. The highest BCUT2D eigenvalue weighted by molar-refractivity contribution is 7.45. The molecule has 0 aliphatic carbocycles. The SMILES string of the molecule is CCOP(=O)([O-])OCC.CC[n+]1cc[nH]c1C.